The molecule has 1 aromatic rings. The number of hydrogen-bond donors (Lipinski definition) is 2. The van der Waals surface area contributed by atoms with Gasteiger partial charge < -0.3 is 10.4 Å². The van der Waals surface area contributed by atoms with Crippen molar-refractivity contribution < 1.29 is 5.11 Å². The molecule has 2 N–H and O–H groups in total. The van der Waals surface area contributed by atoms with Gasteiger partial charge in [0.25, 0.3) is 0 Å². The van der Waals surface area contributed by atoms with Gasteiger partial charge in [0.2, 0.25) is 0 Å². The van der Waals surface area contributed by atoms with Crippen LogP contribution in [0.2, 0.25) is 0 Å². The van der Waals surface area contributed by atoms with Gasteiger partial charge >= 0.3 is 0 Å². The van der Waals surface area contributed by atoms with Crippen molar-refractivity contribution in [3.8, 4) is 0 Å². The average Bonchev–Trinajstić information content (AvgIpc) is 2.25. The van der Waals surface area contributed by atoms with E-state index < -0.39 is 0 Å². The van der Waals surface area contributed by atoms with Crippen LogP contribution in [0.5, 0.6) is 0 Å². The summed E-state index contributed by atoms with van der Waals surface area (Å²) in [7, 11) is 0. The van der Waals surface area contributed by atoms with Crippen LogP contribution in [0.25, 0.3) is 0 Å². The molecule has 16 heavy (non-hydrogen) atoms. The minimum Gasteiger partial charge on any atom is -0.393 e. The van der Waals surface area contributed by atoms with Crippen molar-refractivity contribution in [1.29, 1.82) is 0 Å². The van der Waals surface area contributed by atoms with Gasteiger partial charge in [-0.1, -0.05) is 6.07 Å². The SMILES string of the molecule is Cc1ccc(NC2CCC(O)CC2)c(Br)c1. The lowest BCUT2D eigenvalue weighted by Crippen LogP contribution is -2.28. The van der Waals surface area contributed by atoms with Gasteiger partial charge in [-0.3, -0.25) is 0 Å². The number of aliphatic hydroxyl groups is 1. The van der Waals surface area contributed by atoms with Crippen LogP contribution in [0, 0.1) is 6.92 Å². The molecule has 1 aliphatic carbocycles. The predicted molar refractivity (Wildman–Crippen MR) is 70.8 cm³/mol. The van der Waals surface area contributed by atoms with Gasteiger partial charge in [0.1, 0.15) is 0 Å². The standard InChI is InChI=1S/C13H18BrNO/c1-9-2-7-13(12(14)8-9)15-10-3-5-11(16)6-4-10/h2,7-8,10-11,15-16H,3-6H2,1H3. The summed E-state index contributed by atoms with van der Waals surface area (Å²) in [6.07, 6.45) is 3.87. The molecule has 0 aliphatic heterocycles. The Morgan fingerprint density at radius 1 is 1.25 bits per heavy atom. The van der Waals surface area contributed by atoms with E-state index in [1.54, 1.807) is 0 Å². The minimum atomic E-state index is -0.0838. The molecular weight excluding hydrogens is 266 g/mol. The molecule has 3 heteroatoms. The van der Waals surface area contributed by atoms with E-state index in [9.17, 15) is 5.11 Å². The zero-order valence-electron chi connectivity index (χ0n) is 9.54. The topological polar surface area (TPSA) is 32.3 Å². The molecular formula is C13H18BrNO. The Morgan fingerprint density at radius 2 is 1.94 bits per heavy atom. The highest BCUT2D eigenvalue weighted by Gasteiger charge is 2.19. The first kappa shape index (κ1) is 11.9. The molecule has 88 valence electrons. The third-order valence-corrected chi connectivity index (χ3v) is 3.84. The van der Waals surface area contributed by atoms with Crippen molar-refractivity contribution in [1.82, 2.24) is 0 Å². The predicted octanol–water partition coefficient (Wildman–Crippen LogP) is 3.47. The number of nitrogens with one attached hydrogen (secondary N) is 1. The van der Waals surface area contributed by atoms with E-state index >= 15 is 0 Å². The molecule has 1 fully saturated rings. The van der Waals surface area contributed by atoms with Gasteiger partial charge in [-0.2, -0.15) is 0 Å². The molecule has 0 bridgehead atoms. The number of aryl methyl sites for hydroxylation is 1. The molecule has 0 radical (unpaired) electrons. The van der Waals surface area contributed by atoms with E-state index in [0.717, 1.165) is 35.8 Å². The second-order valence-corrected chi connectivity index (χ2v) is 5.49. The van der Waals surface area contributed by atoms with Crippen LogP contribution in [-0.4, -0.2) is 17.3 Å². The Bertz CT molecular complexity index is 359. The van der Waals surface area contributed by atoms with Gasteiger partial charge in [0, 0.05) is 16.2 Å². The van der Waals surface area contributed by atoms with Crippen LogP contribution in [0.4, 0.5) is 5.69 Å². The van der Waals surface area contributed by atoms with Crippen molar-refractivity contribution >= 4 is 21.6 Å². The summed E-state index contributed by atoms with van der Waals surface area (Å²) in [6.45, 7) is 2.09. The number of anilines is 1. The average molecular weight is 284 g/mol. The maximum absolute atomic E-state index is 9.45. The molecule has 1 aliphatic rings. The van der Waals surface area contributed by atoms with Crippen LogP contribution >= 0.6 is 15.9 Å². The van der Waals surface area contributed by atoms with E-state index in [-0.39, 0.29) is 6.10 Å². The van der Waals surface area contributed by atoms with E-state index in [0.29, 0.717) is 6.04 Å². The summed E-state index contributed by atoms with van der Waals surface area (Å²) in [5, 5.41) is 13.0. The minimum absolute atomic E-state index is 0.0838. The fraction of sp³-hybridized carbons (Fsp3) is 0.538. The normalized spacial score (nSPS) is 25.4. The van der Waals surface area contributed by atoms with Gasteiger partial charge in [-0.05, 0) is 66.2 Å². The van der Waals surface area contributed by atoms with Crippen LogP contribution in [-0.2, 0) is 0 Å². The van der Waals surface area contributed by atoms with Crippen molar-refractivity contribution in [2.75, 3.05) is 5.32 Å². The van der Waals surface area contributed by atoms with Crippen LogP contribution < -0.4 is 5.32 Å². The third-order valence-electron chi connectivity index (χ3n) is 3.18. The molecule has 2 rings (SSSR count). The summed E-state index contributed by atoms with van der Waals surface area (Å²) < 4.78 is 1.12. The third kappa shape index (κ3) is 2.98. The van der Waals surface area contributed by atoms with E-state index in [4.69, 9.17) is 0 Å². The Balaban J connectivity index is 1.98. The Labute approximate surface area is 105 Å². The second-order valence-electron chi connectivity index (χ2n) is 4.63. The molecule has 0 atom stereocenters. The van der Waals surface area contributed by atoms with Crippen LogP contribution in [0.15, 0.2) is 22.7 Å². The number of halogens is 1. The van der Waals surface area contributed by atoms with Gasteiger partial charge in [0.05, 0.1) is 6.10 Å². The maximum Gasteiger partial charge on any atom is 0.0541 e. The second kappa shape index (κ2) is 5.19. The molecule has 0 unspecified atom stereocenters. The molecule has 1 saturated carbocycles. The lowest BCUT2D eigenvalue weighted by Gasteiger charge is -2.27. The van der Waals surface area contributed by atoms with Crippen LogP contribution in [0.1, 0.15) is 31.2 Å². The van der Waals surface area contributed by atoms with Gasteiger partial charge in [-0.25, -0.2) is 0 Å². The van der Waals surface area contributed by atoms with Crippen LogP contribution in [0.3, 0.4) is 0 Å². The lowest BCUT2D eigenvalue weighted by molar-refractivity contribution is 0.126. The summed E-state index contributed by atoms with van der Waals surface area (Å²) in [6, 6.07) is 6.86. The molecule has 0 saturated heterocycles. The highest BCUT2D eigenvalue weighted by atomic mass is 79.9. The quantitative estimate of drug-likeness (QED) is 0.871. The Kier molecular flexibility index (Phi) is 3.87. The Hall–Kier alpha value is -0.540. The first-order valence-corrected chi connectivity index (χ1v) is 6.65. The smallest absolute Gasteiger partial charge is 0.0541 e. The Morgan fingerprint density at radius 3 is 2.56 bits per heavy atom. The molecule has 1 aromatic carbocycles. The number of hydrogen-bond acceptors (Lipinski definition) is 2. The summed E-state index contributed by atoms with van der Waals surface area (Å²) in [5.41, 5.74) is 2.42. The molecule has 0 amide bonds. The van der Waals surface area contributed by atoms with Crippen molar-refractivity contribution in [3.05, 3.63) is 28.2 Å². The fourth-order valence-electron chi connectivity index (χ4n) is 2.18. The zero-order chi connectivity index (χ0) is 11.5. The van der Waals surface area contributed by atoms with Gasteiger partial charge in [0.15, 0.2) is 0 Å². The fourth-order valence-corrected chi connectivity index (χ4v) is 2.78. The first-order valence-electron chi connectivity index (χ1n) is 5.86. The molecule has 0 aromatic heterocycles. The van der Waals surface area contributed by atoms with Crippen molar-refractivity contribution in [2.24, 2.45) is 0 Å². The number of rotatable bonds is 2. The molecule has 0 spiro atoms. The highest BCUT2D eigenvalue weighted by molar-refractivity contribution is 9.10. The largest absolute Gasteiger partial charge is 0.393 e. The number of benzene rings is 1. The summed E-state index contributed by atoms with van der Waals surface area (Å²) in [4.78, 5) is 0. The van der Waals surface area contributed by atoms with E-state index in [1.807, 2.05) is 0 Å². The van der Waals surface area contributed by atoms with Crippen molar-refractivity contribution in [2.45, 2.75) is 44.8 Å². The monoisotopic (exact) mass is 283 g/mol. The van der Waals surface area contributed by atoms with E-state index in [1.165, 1.54) is 5.56 Å². The molecule has 2 nitrogen and oxygen atoms in total. The maximum atomic E-state index is 9.45. The van der Waals surface area contributed by atoms with E-state index in [2.05, 4.69) is 46.4 Å². The first-order chi connectivity index (χ1) is 7.65. The van der Waals surface area contributed by atoms with Crippen molar-refractivity contribution in [3.63, 3.8) is 0 Å². The highest BCUT2D eigenvalue weighted by Crippen LogP contribution is 2.27. The van der Waals surface area contributed by atoms with Gasteiger partial charge in [-0.15, -0.1) is 0 Å². The summed E-state index contributed by atoms with van der Waals surface area (Å²) in [5.74, 6) is 0. The number of aliphatic hydroxyl groups excluding tert-OH is 1. The lowest BCUT2D eigenvalue weighted by atomic mass is 9.93. The zero-order valence-corrected chi connectivity index (χ0v) is 11.1. The molecule has 0 heterocycles. The summed E-state index contributed by atoms with van der Waals surface area (Å²) >= 11 is 3.57.